The van der Waals surface area contributed by atoms with E-state index in [0.29, 0.717) is 6.04 Å². The summed E-state index contributed by atoms with van der Waals surface area (Å²) in [7, 11) is 0. The molecule has 0 spiro atoms. The Bertz CT molecular complexity index is 370. The van der Waals surface area contributed by atoms with Gasteiger partial charge in [0.15, 0.2) is 5.11 Å². The Hall–Kier alpha value is -0.680. The first-order chi connectivity index (χ1) is 8.24. The summed E-state index contributed by atoms with van der Waals surface area (Å²) in [6.45, 7) is 2.75. The van der Waals surface area contributed by atoms with Gasteiger partial charge in [-0.25, -0.2) is 4.98 Å². The third-order valence-electron chi connectivity index (χ3n) is 3.01. The van der Waals surface area contributed by atoms with Crippen LogP contribution in [0.1, 0.15) is 42.8 Å². The van der Waals surface area contributed by atoms with Gasteiger partial charge in [0.1, 0.15) is 5.01 Å². The first kappa shape index (κ1) is 12.8. The second-order valence-electron chi connectivity index (χ2n) is 4.54. The lowest BCUT2D eigenvalue weighted by Gasteiger charge is -2.24. The van der Waals surface area contributed by atoms with E-state index in [1.165, 1.54) is 32.1 Å². The van der Waals surface area contributed by atoms with Gasteiger partial charge in [-0.05, 0) is 32.0 Å². The van der Waals surface area contributed by atoms with Crippen LogP contribution in [0.2, 0.25) is 0 Å². The first-order valence-corrected chi connectivity index (χ1v) is 7.48. The van der Waals surface area contributed by atoms with E-state index in [9.17, 15) is 0 Å². The molecule has 1 aliphatic carbocycles. The highest BCUT2D eigenvalue weighted by Crippen LogP contribution is 2.17. The highest BCUT2D eigenvalue weighted by molar-refractivity contribution is 7.80. The Labute approximate surface area is 112 Å². The topological polar surface area (TPSA) is 37.0 Å². The molecule has 0 radical (unpaired) electrons. The van der Waals surface area contributed by atoms with E-state index in [0.717, 1.165) is 22.4 Å². The summed E-state index contributed by atoms with van der Waals surface area (Å²) >= 11 is 6.97. The van der Waals surface area contributed by atoms with Crippen molar-refractivity contribution in [3.8, 4) is 0 Å². The van der Waals surface area contributed by atoms with Crippen molar-refractivity contribution in [1.82, 2.24) is 15.6 Å². The maximum Gasteiger partial charge on any atom is 0.166 e. The van der Waals surface area contributed by atoms with Crippen LogP contribution in [-0.2, 0) is 6.54 Å². The lowest BCUT2D eigenvalue weighted by atomic mass is 9.96. The SMILES string of the molecule is Cc1csc(CNC(=S)NC2CCCCC2)n1. The number of hydrogen-bond donors (Lipinski definition) is 2. The van der Waals surface area contributed by atoms with E-state index < -0.39 is 0 Å². The number of rotatable bonds is 3. The number of aryl methyl sites for hydroxylation is 1. The third-order valence-corrected chi connectivity index (χ3v) is 4.24. The smallest absolute Gasteiger partial charge is 0.166 e. The van der Waals surface area contributed by atoms with Crippen molar-refractivity contribution in [2.75, 3.05) is 0 Å². The Morgan fingerprint density at radius 1 is 1.47 bits per heavy atom. The van der Waals surface area contributed by atoms with Crippen LogP contribution in [-0.4, -0.2) is 16.1 Å². The van der Waals surface area contributed by atoms with Crippen molar-refractivity contribution in [2.45, 2.75) is 51.6 Å². The van der Waals surface area contributed by atoms with Gasteiger partial charge in [0, 0.05) is 17.1 Å². The minimum absolute atomic E-state index is 0.571. The molecule has 1 saturated carbocycles. The van der Waals surface area contributed by atoms with Crippen molar-refractivity contribution >= 4 is 28.7 Å². The lowest BCUT2D eigenvalue weighted by molar-refractivity contribution is 0.412. The van der Waals surface area contributed by atoms with Crippen LogP contribution in [0.5, 0.6) is 0 Å². The van der Waals surface area contributed by atoms with Crippen molar-refractivity contribution in [3.05, 3.63) is 16.1 Å². The summed E-state index contributed by atoms with van der Waals surface area (Å²) in [5.41, 5.74) is 1.08. The zero-order valence-corrected chi connectivity index (χ0v) is 11.8. The summed E-state index contributed by atoms with van der Waals surface area (Å²) in [6, 6.07) is 0.571. The number of hydrogen-bond acceptors (Lipinski definition) is 3. The van der Waals surface area contributed by atoms with Gasteiger partial charge in [-0.1, -0.05) is 19.3 Å². The fourth-order valence-electron chi connectivity index (χ4n) is 2.12. The molecule has 0 bridgehead atoms. The van der Waals surface area contributed by atoms with Crippen LogP contribution >= 0.6 is 23.6 Å². The largest absolute Gasteiger partial charge is 0.360 e. The highest BCUT2D eigenvalue weighted by Gasteiger charge is 2.13. The number of thiocarbonyl (C=S) groups is 1. The zero-order valence-electron chi connectivity index (χ0n) is 10.2. The number of aromatic nitrogens is 1. The summed E-state index contributed by atoms with van der Waals surface area (Å²) in [5.74, 6) is 0. The molecule has 5 heteroatoms. The predicted octanol–water partition coefficient (Wildman–Crippen LogP) is 2.75. The van der Waals surface area contributed by atoms with E-state index >= 15 is 0 Å². The maximum atomic E-state index is 5.30. The van der Waals surface area contributed by atoms with Gasteiger partial charge in [0.2, 0.25) is 0 Å². The molecule has 0 unspecified atom stereocenters. The van der Waals surface area contributed by atoms with Crippen LogP contribution in [0.3, 0.4) is 0 Å². The summed E-state index contributed by atoms with van der Waals surface area (Å²) in [5, 5.41) is 10.5. The molecule has 1 aromatic heterocycles. The fourth-order valence-corrected chi connectivity index (χ4v) is 3.07. The first-order valence-electron chi connectivity index (χ1n) is 6.19. The van der Waals surface area contributed by atoms with Crippen LogP contribution in [0, 0.1) is 6.92 Å². The fraction of sp³-hybridized carbons (Fsp3) is 0.667. The van der Waals surface area contributed by atoms with Crippen molar-refractivity contribution in [3.63, 3.8) is 0 Å². The molecule has 17 heavy (non-hydrogen) atoms. The quantitative estimate of drug-likeness (QED) is 0.827. The van der Waals surface area contributed by atoms with Crippen LogP contribution in [0.4, 0.5) is 0 Å². The van der Waals surface area contributed by atoms with Gasteiger partial charge in [-0.15, -0.1) is 11.3 Å². The molecule has 1 aliphatic rings. The predicted molar refractivity (Wildman–Crippen MR) is 76.3 cm³/mol. The average molecular weight is 269 g/mol. The average Bonchev–Trinajstić information content (AvgIpc) is 2.74. The van der Waals surface area contributed by atoms with Crippen LogP contribution in [0.25, 0.3) is 0 Å². The lowest BCUT2D eigenvalue weighted by Crippen LogP contribution is -2.42. The molecule has 0 saturated heterocycles. The van der Waals surface area contributed by atoms with Crippen molar-refractivity contribution in [1.29, 1.82) is 0 Å². The molecule has 2 N–H and O–H groups in total. The third kappa shape index (κ3) is 4.24. The second-order valence-corrected chi connectivity index (χ2v) is 5.90. The molecule has 0 aromatic carbocycles. The molecule has 0 aliphatic heterocycles. The van der Waals surface area contributed by atoms with E-state index in [1.807, 2.05) is 6.92 Å². The minimum atomic E-state index is 0.571. The van der Waals surface area contributed by atoms with E-state index in [2.05, 4.69) is 21.0 Å². The molecule has 1 aromatic rings. The minimum Gasteiger partial charge on any atom is -0.360 e. The number of thiazole rings is 1. The van der Waals surface area contributed by atoms with Gasteiger partial charge < -0.3 is 10.6 Å². The second kappa shape index (κ2) is 6.31. The van der Waals surface area contributed by atoms with Crippen LogP contribution < -0.4 is 10.6 Å². The standard InChI is InChI=1S/C12H19N3S2/c1-9-8-17-11(14-9)7-13-12(16)15-10-5-3-2-4-6-10/h8,10H,2-7H2,1H3,(H2,13,15,16). The van der Waals surface area contributed by atoms with Gasteiger partial charge in [0.05, 0.1) is 6.54 Å². The van der Waals surface area contributed by atoms with Gasteiger partial charge >= 0.3 is 0 Å². The van der Waals surface area contributed by atoms with Crippen molar-refractivity contribution < 1.29 is 0 Å². The summed E-state index contributed by atoms with van der Waals surface area (Å²) in [4.78, 5) is 4.40. The zero-order chi connectivity index (χ0) is 12.1. The van der Waals surface area contributed by atoms with Crippen LogP contribution in [0.15, 0.2) is 5.38 Å². The van der Waals surface area contributed by atoms with Gasteiger partial charge in [0.25, 0.3) is 0 Å². The monoisotopic (exact) mass is 269 g/mol. The number of nitrogens with zero attached hydrogens (tertiary/aromatic N) is 1. The van der Waals surface area contributed by atoms with E-state index in [1.54, 1.807) is 11.3 Å². The molecule has 1 fully saturated rings. The normalized spacial score (nSPS) is 16.8. The molecule has 2 rings (SSSR count). The molecule has 0 atom stereocenters. The summed E-state index contributed by atoms with van der Waals surface area (Å²) in [6.07, 6.45) is 6.52. The highest BCUT2D eigenvalue weighted by atomic mass is 32.1. The Morgan fingerprint density at radius 2 is 2.24 bits per heavy atom. The Kier molecular flexibility index (Phi) is 4.74. The molecule has 94 valence electrons. The molecular weight excluding hydrogens is 250 g/mol. The Morgan fingerprint density at radius 3 is 2.88 bits per heavy atom. The van der Waals surface area contributed by atoms with E-state index in [-0.39, 0.29) is 0 Å². The maximum absolute atomic E-state index is 5.30. The number of nitrogens with one attached hydrogen (secondary N) is 2. The Balaban J connectivity index is 1.70. The molecular formula is C12H19N3S2. The van der Waals surface area contributed by atoms with Gasteiger partial charge in [-0.3, -0.25) is 0 Å². The molecule has 0 amide bonds. The molecule has 3 nitrogen and oxygen atoms in total. The summed E-state index contributed by atoms with van der Waals surface area (Å²) < 4.78 is 0. The van der Waals surface area contributed by atoms with E-state index in [4.69, 9.17) is 12.2 Å². The molecule has 1 heterocycles. The van der Waals surface area contributed by atoms with Gasteiger partial charge in [-0.2, -0.15) is 0 Å². The van der Waals surface area contributed by atoms with Crippen molar-refractivity contribution in [2.24, 2.45) is 0 Å².